The molecule has 2 aromatic rings. The molecule has 1 aliphatic heterocycles. The Morgan fingerprint density at radius 3 is 2.50 bits per heavy atom. The summed E-state index contributed by atoms with van der Waals surface area (Å²) in [5.41, 5.74) is 2.68. The lowest BCUT2D eigenvalue weighted by molar-refractivity contribution is -0.147. The molecule has 156 valence electrons. The fraction of sp³-hybridized carbons (Fsp3) is 0.304. The number of benzene rings is 2. The molecule has 3 rings (SSSR count). The van der Waals surface area contributed by atoms with Gasteiger partial charge in [-0.1, -0.05) is 42.0 Å². The first-order valence-corrected chi connectivity index (χ1v) is 9.81. The number of esters is 1. The predicted molar refractivity (Wildman–Crippen MR) is 112 cm³/mol. The Hall–Kier alpha value is -3.48. The first-order valence-electron chi connectivity index (χ1n) is 9.81. The molecule has 0 saturated carbocycles. The fourth-order valence-electron chi connectivity index (χ4n) is 3.35. The first-order chi connectivity index (χ1) is 14.3. The topological polar surface area (TPSA) is 92.8 Å². The molecule has 30 heavy (non-hydrogen) atoms. The zero-order valence-electron chi connectivity index (χ0n) is 17.0. The Morgan fingerprint density at radius 2 is 1.77 bits per heavy atom. The van der Waals surface area contributed by atoms with Crippen molar-refractivity contribution in [1.29, 1.82) is 0 Å². The van der Waals surface area contributed by atoms with Gasteiger partial charge >= 0.3 is 5.97 Å². The number of anilines is 2. The summed E-state index contributed by atoms with van der Waals surface area (Å²) in [6.07, 6.45) is 0.0447. The molecule has 7 heteroatoms. The van der Waals surface area contributed by atoms with Gasteiger partial charge in [-0.15, -0.1) is 0 Å². The Morgan fingerprint density at radius 1 is 1.07 bits per heavy atom. The van der Waals surface area contributed by atoms with Crippen LogP contribution in [0.5, 0.6) is 0 Å². The fourth-order valence-corrected chi connectivity index (χ4v) is 3.35. The van der Waals surface area contributed by atoms with E-state index < -0.39 is 18.5 Å². The summed E-state index contributed by atoms with van der Waals surface area (Å²) < 4.78 is 5.11. The van der Waals surface area contributed by atoms with Crippen LogP contribution in [-0.2, 0) is 19.1 Å². The maximum atomic E-state index is 12.8. The maximum Gasteiger partial charge on any atom is 0.306 e. The van der Waals surface area contributed by atoms with Crippen molar-refractivity contribution >= 4 is 34.9 Å². The van der Waals surface area contributed by atoms with Crippen LogP contribution in [0.1, 0.15) is 42.1 Å². The van der Waals surface area contributed by atoms with E-state index in [0.717, 1.165) is 5.56 Å². The highest BCUT2D eigenvalue weighted by Gasteiger charge is 2.30. The highest BCUT2D eigenvalue weighted by Crippen LogP contribution is 2.31. The van der Waals surface area contributed by atoms with Gasteiger partial charge in [0.2, 0.25) is 5.91 Å². The number of Topliss-reactive ketones (excluding diaryl/α,β-unsaturated/α-hetero) is 1. The van der Waals surface area contributed by atoms with Crippen molar-refractivity contribution in [3.63, 3.8) is 0 Å². The van der Waals surface area contributed by atoms with Crippen LogP contribution >= 0.6 is 0 Å². The first kappa shape index (κ1) is 21.2. The molecule has 0 fully saturated rings. The zero-order valence-corrected chi connectivity index (χ0v) is 17.0. The molecule has 2 aromatic carbocycles. The molecular weight excluding hydrogens is 384 g/mol. The summed E-state index contributed by atoms with van der Waals surface area (Å²) >= 11 is 0. The Balaban J connectivity index is 1.57. The molecule has 1 atom stereocenters. The predicted octanol–water partition coefficient (Wildman–Crippen LogP) is 3.27. The van der Waals surface area contributed by atoms with Crippen LogP contribution < -0.4 is 10.2 Å². The molecule has 0 radical (unpaired) electrons. The van der Waals surface area contributed by atoms with Crippen LogP contribution in [0.25, 0.3) is 0 Å². The normalized spacial score (nSPS) is 15.6. The number of hydrogen-bond donors (Lipinski definition) is 1. The summed E-state index contributed by atoms with van der Waals surface area (Å²) in [6.45, 7) is 3.24. The summed E-state index contributed by atoms with van der Waals surface area (Å²) in [6, 6.07) is 13.7. The third-order valence-corrected chi connectivity index (χ3v) is 4.91. The SMILES string of the molecule is Cc1ccc(C(=O)CCC(=O)OCC(=O)N2c3ccccc3NC(=O)CC2C)cc1. The van der Waals surface area contributed by atoms with Crippen LogP contribution in [0, 0.1) is 6.92 Å². The molecule has 7 nitrogen and oxygen atoms in total. The molecule has 0 aliphatic carbocycles. The number of nitrogens with zero attached hydrogens (tertiary/aromatic N) is 1. The van der Waals surface area contributed by atoms with Crippen LogP contribution in [0.4, 0.5) is 11.4 Å². The summed E-state index contributed by atoms with van der Waals surface area (Å²) in [7, 11) is 0. The molecule has 0 aromatic heterocycles. The minimum absolute atomic E-state index is 0.0114. The molecule has 2 amide bonds. The van der Waals surface area contributed by atoms with E-state index in [-0.39, 0.29) is 37.0 Å². The lowest BCUT2D eigenvalue weighted by Gasteiger charge is -2.27. The lowest BCUT2D eigenvalue weighted by atomic mass is 10.1. The molecule has 1 unspecified atom stereocenters. The smallest absolute Gasteiger partial charge is 0.306 e. The monoisotopic (exact) mass is 408 g/mol. The van der Waals surface area contributed by atoms with Crippen molar-refractivity contribution in [3.05, 3.63) is 59.7 Å². The number of ether oxygens (including phenoxy) is 1. The zero-order chi connectivity index (χ0) is 21.7. The van der Waals surface area contributed by atoms with Crippen molar-refractivity contribution < 1.29 is 23.9 Å². The average molecular weight is 408 g/mol. The quantitative estimate of drug-likeness (QED) is 0.585. The van der Waals surface area contributed by atoms with Gasteiger partial charge in [-0.25, -0.2) is 0 Å². The summed E-state index contributed by atoms with van der Waals surface area (Å²) in [5, 5.41) is 2.78. The Kier molecular flexibility index (Phi) is 6.61. The molecule has 1 heterocycles. The lowest BCUT2D eigenvalue weighted by Crippen LogP contribution is -2.41. The van der Waals surface area contributed by atoms with E-state index in [9.17, 15) is 19.2 Å². The number of nitrogens with one attached hydrogen (secondary N) is 1. The van der Waals surface area contributed by atoms with Crippen LogP contribution in [0.15, 0.2) is 48.5 Å². The van der Waals surface area contributed by atoms with E-state index in [0.29, 0.717) is 16.9 Å². The van der Waals surface area contributed by atoms with Gasteiger partial charge in [-0.3, -0.25) is 19.2 Å². The van der Waals surface area contributed by atoms with Crippen LogP contribution in [-0.4, -0.2) is 36.2 Å². The number of para-hydroxylation sites is 2. The maximum absolute atomic E-state index is 12.8. The van der Waals surface area contributed by atoms with E-state index in [1.807, 2.05) is 19.1 Å². The third kappa shape index (κ3) is 5.11. The molecular formula is C23H24N2O5. The molecule has 1 aliphatic rings. The van der Waals surface area contributed by atoms with Gasteiger partial charge in [0, 0.05) is 24.4 Å². The van der Waals surface area contributed by atoms with Gasteiger partial charge in [0.25, 0.3) is 5.91 Å². The second kappa shape index (κ2) is 9.35. The molecule has 0 bridgehead atoms. The van der Waals surface area contributed by atoms with E-state index >= 15 is 0 Å². The van der Waals surface area contributed by atoms with E-state index in [4.69, 9.17) is 4.74 Å². The van der Waals surface area contributed by atoms with Gasteiger partial charge < -0.3 is 15.0 Å². The van der Waals surface area contributed by atoms with Gasteiger partial charge in [0.15, 0.2) is 12.4 Å². The van der Waals surface area contributed by atoms with Crippen molar-refractivity contribution in [2.75, 3.05) is 16.8 Å². The number of rotatable bonds is 6. The number of amides is 2. The van der Waals surface area contributed by atoms with Gasteiger partial charge in [0.1, 0.15) is 0 Å². The van der Waals surface area contributed by atoms with Crippen LogP contribution in [0.3, 0.4) is 0 Å². The molecule has 0 saturated heterocycles. The van der Waals surface area contributed by atoms with Crippen molar-refractivity contribution in [2.45, 2.75) is 39.2 Å². The highest BCUT2D eigenvalue weighted by molar-refractivity contribution is 6.05. The van der Waals surface area contributed by atoms with Crippen molar-refractivity contribution in [1.82, 2.24) is 0 Å². The number of fused-ring (bicyclic) bond motifs is 1. The summed E-state index contributed by atoms with van der Waals surface area (Å²) in [5.74, 6) is -1.38. The molecule has 0 spiro atoms. The number of hydrogen-bond acceptors (Lipinski definition) is 5. The Bertz CT molecular complexity index is 968. The van der Waals surface area contributed by atoms with Crippen molar-refractivity contribution in [2.24, 2.45) is 0 Å². The van der Waals surface area contributed by atoms with Crippen LogP contribution in [0.2, 0.25) is 0 Å². The van der Waals surface area contributed by atoms with E-state index in [2.05, 4.69) is 5.32 Å². The van der Waals surface area contributed by atoms with Gasteiger partial charge in [0.05, 0.1) is 17.8 Å². The minimum atomic E-state index is -0.617. The summed E-state index contributed by atoms with van der Waals surface area (Å²) in [4.78, 5) is 50.5. The highest BCUT2D eigenvalue weighted by atomic mass is 16.5. The van der Waals surface area contributed by atoms with E-state index in [1.54, 1.807) is 43.3 Å². The molecule has 1 N–H and O–H groups in total. The second-order valence-corrected chi connectivity index (χ2v) is 7.33. The number of carbonyl (C=O) groups excluding carboxylic acids is 4. The van der Waals surface area contributed by atoms with Crippen molar-refractivity contribution in [3.8, 4) is 0 Å². The Labute approximate surface area is 175 Å². The van der Waals surface area contributed by atoms with Gasteiger partial charge in [-0.05, 0) is 26.0 Å². The van der Waals surface area contributed by atoms with E-state index in [1.165, 1.54) is 4.90 Å². The number of aryl methyl sites for hydroxylation is 1. The largest absolute Gasteiger partial charge is 0.456 e. The average Bonchev–Trinajstić information content (AvgIpc) is 2.84. The third-order valence-electron chi connectivity index (χ3n) is 4.91. The standard InChI is InChI=1S/C23H24N2O5/c1-15-7-9-17(10-8-15)20(26)11-12-23(29)30-14-22(28)25-16(2)13-21(27)24-18-5-3-4-6-19(18)25/h3-10,16H,11-14H2,1-2H3,(H,24,27). The number of ketones is 1. The number of carbonyl (C=O) groups is 4. The van der Waals surface area contributed by atoms with Gasteiger partial charge in [-0.2, -0.15) is 0 Å². The minimum Gasteiger partial charge on any atom is -0.456 e. The second-order valence-electron chi connectivity index (χ2n) is 7.33.